The number of rotatable bonds is 6. The second kappa shape index (κ2) is 7.71. The van der Waals surface area contributed by atoms with Crippen LogP contribution in [0.25, 0.3) is 11.4 Å². The number of anilines is 1. The number of carbonyl (C=O) groups excluding carboxylic acids is 2. The van der Waals surface area contributed by atoms with Gasteiger partial charge in [0.15, 0.2) is 0 Å². The highest BCUT2D eigenvalue weighted by Crippen LogP contribution is 2.19. The van der Waals surface area contributed by atoms with Crippen LogP contribution < -0.4 is 5.32 Å². The zero-order valence-electron chi connectivity index (χ0n) is 13.4. The van der Waals surface area contributed by atoms with Crippen molar-refractivity contribution in [3.63, 3.8) is 0 Å². The van der Waals surface area contributed by atoms with Gasteiger partial charge in [0.2, 0.25) is 17.6 Å². The molecule has 0 fully saturated rings. The number of thiophene rings is 1. The predicted octanol–water partition coefficient (Wildman–Crippen LogP) is 3.16. The van der Waals surface area contributed by atoms with Crippen molar-refractivity contribution >= 4 is 28.9 Å². The van der Waals surface area contributed by atoms with Crippen molar-refractivity contribution in [3.05, 3.63) is 52.5 Å². The van der Waals surface area contributed by atoms with E-state index in [-0.39, 0.29) is 12.3 Å². The molecule has 0 aliphatic carbocycles. The fraction of sp³-hybridized carbons (Fsp3) is 0.176. The Morgan fingerprint density at radius 3 is 2.96 bits per heavy atom. The van der Waals surface area contributed by atoms with Crippen LogP contribution in [0.5, 0.6) is 0 Å². The van der Waals surface area contributed by atoms with Gasteiger partial charge in [0.1, 0.15) is 0 Å². The van der Waals surface area contributed by atoms with Gasteiger partial charge in [-0.05, 0) is 29.6 Å². The van der Waals surface area contributed by atoms with E-state index < -0.39 is 5.97 Å². The van der Waals surface area contributed by atoms with Crippen LogP contribution in [0.3, 0.4) is 0 Å². The number of carbonyl (C=O) groups is 2. The first-order valence-electron chi connectivity index (χ1n) is 7.49. The topological polar surface area (TPSA) is 94.3 Å². The number of nitrogens with one attached hydrogen (secondary N) is 1. The molecule has 0 aliphatic rings. The zero-order chi connectivity index (χ0) is 17.6. The molecule has 0 atom stereocenters. The lowest BCUT2D eigenvalue weighted by atomic mass is 10.2. The Bertz CT molecular complexity index is 874. The van der Waals surface area contributed by atoms with E-state index >= 15 is 0 Å². The number of aromatic nitrogens is 2. The summed E-state index contributed by atoms with van der Waals surface area (Å²) in [6, 6.07) is 8.45. The normalized spacial score (nSPS) is 10.4. The van der Waals surface area contributed by atoms with Crippen LogP contribution >= 0.6 is 11.3 Å². The van der Waals surface area contributed by atoms with E-state index in [2.05, 4.69) is 20.2 Å². The molecule has 0 saturated carbocycles. The molecular formula is C17H15N3O4S. The SMILES string of the molecule is COC(=O)c1cccc(NC(=O)CCc2nc(-c3ccsc3)no2)c1. The van der Waals surface area contributed by atoms with E-state index in [1.807, 2.05) is 16.8 Å². The largest absolute Gasteiger partial charge is 0.465 e. The molecular weight excluding hydrogens is 342 g/mol. The molecule has 0 radical (unpaired) electrons. The first-order chi connectivity index (χ1) is 12.2. The average molecular weight is 357 g/mol. The van der Waals surface area contributed by atoms with Gasteiger partial charge in [-0.15, -0.1) is 0 Å². The van der Waals surface area contributed by atoms with E-state index in [0.29, 0.717) is 29.4 Å². The number of nitrogens with zero attached hydrogens (tertiary/aromatic N) is 2. The summed E-state index contributed by atoms with van der Waals surface area (Å²) in [6.45, 7) is 0. The van der Waals surface area contributed by atoms with E-state index in [0.717, 1.165) is 5.56 Å². The van der Waals surface area contributed by atoms with Crippen molar-refractivity contribution in [1.29, 1.82) is 0 Å². The predicted molar refractivity (Wildman–Crippen MR) is 92.3 cm³/mol. The van der Waals surface area contributed by atoms with Gasteiger partial charge in [0.05, 0.1) is 12.7 Å². The molecule has 1 amide bonds. The van der Waals surface area contributed by atoms with Gasteiger partial charge < -0.3 is 14.6 Å². The van der Waals surface area contributed by atoms with Gasteiger partial charge in [-0.3, -0.25) is 4.79 Å². The quantitative estimate of drug-likeness (QED) is 0.681. The van der Waals surface area contributed by atoms with Crippen LogP contribution in [0.15, 0.2) is 45.6 Å². The monoisotopic (exact) mass is 357 g/mol. The Labute approximate surface area is 147 Å². The van der Waals surface area contributed by atoms with Gasteiger partial charge >= 0.3 is 5.97 Å². The number of methoxy groups -OCH3 is 1. The van der Waals surface area contributed by atoms with Gasteiger partial charge in [-0.25, -0.2) is 4.79 Å². The maximum absolute atomic E-state index is 12.1. The van der Waals surface area contributed by atoms with Crippen molar-refractivity contribution in [2.45, 2.75) is 12.8 Å². The average Bonchev–Trinajstić information content (AvgIpc) is 3.30. The first kappa shape index (κ1) is 16.8. The molecule has 8 heteroatoms. The molecule has 128 valence electrons. The lowest BCUT2D eigenvalue weighted by Crippen LogP contribution is -2.13. The Kier molecular flexibility index (Phi) is 5.20. The number of hydrogen-bond acceptors (Lipinski definition) is 7. The minimum Gasteiger partial charge on any atom is -0.465 e. The first-order valence-corrected chi connectivity index (χ1v) is 8.43. The molecule has 0 saturated heterocycles. The second-order valence-electron chi connectivity index (χ2n) is 5.14. The summed E-state index contributed by atoms with van der Waals surface area (Å²) in [4.78, 5) is 27.8. The highest BCUT2D eigenvalue weighted by atomic mass is 32.1. The minimum atomic E-state index is -0.456. The molecule has 0 bridgehead atoms. The van der Waals surface area contributed by atoms with Gasteiger partial charge in [0, 0.05) is 29.5 Å². The van der Waals surface area contributed by atoms with Crippen LogP contribution in [-0.2, 0) is 16.0 Å². The summed E-state index contributed by atoms with van der Waals surface area (Å²) < 4.78 is 9.81. The third kappa shape index (κ3) is 4.30. The smallest absolute Gasteiger partial charge is 0.337 e. The summed E-state index contributed by atoms with van der Waals surface area (Å²) >= 11 is 1.55. The molecule has 7 nitrogen and oxygen atoms in total. The van der Waals surface area contributed by atoms with Crippen molar-refractivity contribution < 1.29 is 18.8 Å². The van der Waals surface area contributed by atoms with E-state index in [9.17, 15) is 9.59 Å². The Morgan fingerprint density at radius 2 is 2.20 bits per heavy atom. The minimum absolute atomic E-state index is 0.188. The van der Waals surface area contributed by atoms with Crippen molar-refractivity contribution in [2.24, 2.45) is 0 Å². The Balaban J connectivity index is 1.56. The molecule has 0 aliphatic heterocycles. The van der Waals surface area contributed by atoms with Crippen molar-refractivity contribution in [2.75, 3.05) is 12.4 Å². The fourth-order valence-corrected chi connectivity index (χ4v) is 2.79. The molecule has 25 heavy (non-hydrogen) atoms. The summed E-state index contributed by atoms with van der Waals surface area (Å²) in [6.07, 6.45) is 0.521. The number of amides is 1. The lowest BCUT2D eigenvalue weighted by Gasteiger charge is -2.06. The van der Waals surface area contributed by atoms with Crippen LogP contribution in [0.2, 0.25) is 0 Å². The van der Waals surface area contributed by atoms with E-state index in [4.69, 9.17) is 4.52 Å². The molecule has 0 spiro atoms. The zero-order valence-corrected chi connectivity index (χ0v) is 14.2. The molecule has 0 unspecified atom stereocenters. The Hall–Kier alpha value is -3.00. The van der Waals surface area contributed by atoms with Crippen LogP contribution in [0, 0.1) is 0 Å². The molecule has 2 aromatic heterocycles. The van der Waals surface area contributed by atoms with Crippen LogP contribution in [0.1, 0.15) is 22.7 Å². The number of aryl methyl sites for hydroxylation is 1. The summed E-state index contributed by atoms with van der Waals surface area (Å²) in [5.41, 5.74) is 1.79. The third-order valence-corrected chi connectivity index (χ3v) is 4.06. The van der Waals surface area contributed by atoms with Gasteiger partial charge in [0.25, 0.3) is 0 Å². The molecule has 2 heterocycles. The van der Waals surface area contributed by atoms with Crippen LogP contribution in [0.4, 0.5) is 5.69 Å². The molecule has 3 rings (SSSR count). The number of benzene rings is 1. The highest BCUT2D eigenvalue weighted by Gasteiger charge is 2.12. The summed E-state index contributed by atoms with van der Waals surface area (Å²) in [7, 11) is 1.31. The number of esters is 1. The maximum Gasteiger partial charge on any atom is 0.337 e. The van der Waals surface area contributed by atoms with Gasteiger partial charge in [-0.2, -0.15) is 16.3 Å². The maximum atomic E-state index is 12.1. The number of ether oxygens (including phenoxy) is 1. The van der Waals surface area contributed by atoms with Crippen molar-refractivity contribution in [1.82, 2.24) is 10.1 Å². The van der Waals surface area contributed by atoms with E-state index in [1.54, 1.807) is 35.6 Å². The molecule has 1 aromatic carbocycles. The fourth-order valence-electron chi connectivity index (χ4n) is 2.15. The van der Waals surface area contributed by atoms with E-state index in [1.165, 1.54) is 7.11 Å². The van der Waals surface area contributed by atoms with Gasteiger partial charge in [-0.1, -0.05) is 11.2 Å². The van der Waals surface area contributed by atoms with Crippen molar-refractivity contribution in [3.8, 4) is 11.4 Å². The third-order valence-electron chi connectivity index (χ3n) is 3.38. The molecule has 1 N–H and O–H groups in total. The lowest BCUT2D eigenvalue weighted by molar-refractivity contribution is -0.116. The Morgan fingerprint density at radius 1 is 1.32 bits per heavy atom. The number of hydrogen-bond donors (Lipinski definition) is 1. The molecule has 3 aromatic rings. The highest BCUT2D eigenvalue weighted by molar-refractivity contribution is 7.08. The van der Waals surface area contributed by atoms with Crippen LogP contribution in [-0.4, -0.2) is 29.1 Å². The summed E-state index contributed by atoms with van der Waals surface area (Å²) in [5, 5.41) is 10.5. The summed E-state index contributed by atoms with van der Waals surface area (Å²) in [5.74, 6) is 0.252. The second-order valence-corrected chi connectivity index (χ2v) is 5.92. The standard InChI is InChI=1S/C17H15N3O4S/c1-23-17(22)11-3-2-4-13(9-11)18-14(21)5-6-15-19-16(20-24-15)12-7-8-25-10-12/h2-4,7-10H,5-6H2,1H3,(H,18,21).